The number of nitrogens with two attached hydrogens (primary N) is 1. The predicted molar refractivity (Wildman–Crippen MR) is 44.7 cm³/mol. The maximum Gasteiger partial charge on any atom is 0.393 e. The molecular weight excluding hydrogens is 214 g/mol. The lowest BCUT2D eigenvalue weighted by Crippen LogP contribution is -2.19. The zero-order valence-electron chi connectivity index (χ0n) is 7.44. The van der Waals surface area contributed by atoms with Gasteiger partial charge >= 0.3 is 6.18 Å². The topological polar surface area (TPSA) is 43.1 Å². The van der Waals surface area contributed by atoms with Crippen LogP contribution in [-0.2, 0) is 6.42 Å². The van der Waals surface area contributed by atoms with Gasteiger partial charge in [0.25, 0.3) is 0 Å². The van der Waals surface area contributed by atoms with Crippen molar-refractivity contribution in [2.24, 2.45) is 5.73 Å². The molecule has 82 valence electrons. The first-order chi connectivity index (χ1) is 6.79. The number of carbonyl (C=O) groups is 1. The molecule has 0 aliphatic carbocycles. The molecular formula is C9H7F4NO. The van der Waals surface area contributed by atoms with Crippen LogP contribution in [-0.4, -0.2) is 12.1 Å². The monoisotopic (exact) mass is 221 g/mol. The van der Waals surface area contributed by atoms with Gasteiger partial charge in [-0.2, -0.15) is 13.2 Å². The third kappa shape index (κ3) is 3.23. The van der Waals surface area contributed by atoms with Crippen LogP contribution in [0.25, 0.3) is 0 Å². The minimum atomic E-state index is -4.46. The van der Waals surface area contributed by atoms with Crippen molar-refractivity contribution in [1.29, 1.82) is 0 Å². The second-order valence-corrected chi connectivity index (χ2v) is 2.96. The Morgan fingerprint density at radius 2 is 1.93 bits per heavy atom. The number of hydrogen-bond acceptors (Lipinski definition) is 1. The summed E-state index contributed by atoms with van der Waals surface area (Å²) in [7, 11) is 0. The van der Waals surface area contributed by atoms with Gasteiger partial charge in [0.2, 0.25) is 5.91 Å². The molecule has 1 aromatic rings. The molecule has 0 heterocycles. The van der Waals surface area contributed by atoms with Crippen molar-refractivity contribution in [2.75, 3.05) is 0 Å². The number of primary amides is 1. The number of hydrogen-bond donors (Lipinski definition) is 1. The molecule has 0 saturated heterocycles. The van der Waals surface area contributed by atoms with E-state index in [1.165, 1.54) is 0 Å². The summed E-state index contributed by atoms with van der Waals surface area (Å²) < 4.78 is 48.8. The van der Waals surface area contributed by atoms with Gasteiger partial charge in [-0.1, -0.05) is 6.07 Å². The molecule has 6 heteroatoms. The van der Waals surface area contributed by atoms with E-state index in [0.29, 0.717) is 6.07 Å². The van der Waals surface area contributed by atoms with E-state index in [0.717, 1.165) is 12.1 Å². The highest BCUT2D eigenvalue weighted by molar-refractivity contribution is 5.94. The average Bonchev–Trinajstić information content (AvgIpc) is 2.05. The lowest BCUT2D eigenvalue weighted by molar-refractivity contribution is -0.127. The predicted octanol–water partition coefficient (Wildman–Crippen LogP) is 2.03. The first-order valence-corrected chi connectivity index (χ1v) is 3.94. The molecule has 0 spiro atoms. The highest BCUT2D eigenvalue weighted by Gasteiger charge is 2.29. The van der Waals surface area contributed by atoms with E-state index in [2.05, 4.69) is 0 Å². The first kappa shape index (κ1) is 11.5. The molecule has 1 rings (SSSR count). The summed E-state index contributed by atoms with van der Waals surface area (Å²) in [6, 6.07) is 2.46. The third-order valence-electron chi connectivity index (χ3n) is 1.73. The molecule has 0 aromatic heterocycles. The van der Waals surface area contributed by atoms with Crippen LogP contribution < -0.4 is 5.73 Å². The number of benzene rings is 1. The standard InChI is InChI=1S/C9H7F4NO/c10-6-2-1-5(4-9(11,12)13)7(3-6)8(14)15/h1-3H,4H2,(H2,14,15). The van der Waals surface area contributed by atoms with Crippen LogP contribution in [0.3, 0.4) is 0 Å². The quantitative estimate of drug-likeness (QED) is 0.763. The van der Waals surface area contributed by atoms with E-state index in [1.807, 2.05) is 0 Å². The van der Waals surface area contributed by atoms with E-state index in [9.17, 15) is 22.4 Å². The van der Waals surface area contributed by atoms with E-state index in [4.69, 9.17) is 5.73 Å². The lowest BCUT2D eigenvalue weighted by Gasteiger charge is -2.09. The fourth-order valence-electron chi connectivity index (χ4n) is 1.15. The minimum Gasteiger partial charge on any atom is -0.366 e. The van der Waals surface area contributed by atoms with Crippen molar-refractivity contribution < 1.29 is 22.4 Å². The molecule has 0 fully saturated rings. The third-order valence-corrected chi connectivity index (χ3v) is 1.73. The van der Waals surface area contributed by atoms with Crippen LogP contribution in [0, 0.1) is 5.82 Å². The molecule has 1 amide bonds. The Morgan fingerprint density at radius 3 is 2.40 bits per heavy atom. The van der Waals surface area contributed by atoms with Crippen LogP contribution in [0.1, 0.15) is 15.9 Å². The van der Waals surface area contributed by atoms with E-state index >= 15 is 0 Å². The van der Waals surface area contributed by atoms with Crippen molar-refractivity contribution in [3.05, 3.63) is 35.1 Å². The van der Waals surface area contributed by atoms with E-state index < -0.39 is 29.9 Å². The summed E-state index contributed by atoms with van der Waals surface area (Å²) in [6.45, 7) is 0. The van der Waals surface area contributed by atoms with Crippen LogP contribution >= 0.6 is 0 Å². The maximum atomic E-state index is 12.7. The molecule has 0 atom stereocenters. The highest BCUT2D eigenvalue weighted by atomic mass is 19.4. The van der Waals surface area contributed by atoms with Gasteiger partial charge in [0.15, 0.2) is 0 Å². The fourth-order valence-corrected chi connectivity index (χ4v) is 1.15. The fraction of sp³-hybridized carbons (Fsp3) is 0.222. The second kappa shape index (κ2) is 3.88. The zero-order chi connectivity index (χ0) is 11.6. The van der Waals surface area contributed by atoms with Crippen LogP contribution in [0.15, 0.2) is 18.2 Å². The molecule has 0 aliphatic heterocycles. The Kier molecular flexibility index (Phi) is 2.97. The summed E-state index contributed by atoms with van der Waals surface area (Å²) >= 11 is 0. The molecule has 0 unspecified atom stereocenters. The zero-order valence-corrected chi connectivity index (χ0v) is 7.44. The Bertz CT molecular complexity index is 386. The summed E-state index contributed by atoms with van der Waals surface area (Å²) in [6.07, 6.45) is -5.76. The summed E-state index contributed by atoms with van der Waals surface area (Å²) in [5.74, 6) is -1.87. The lowest BCUT2D eigenvalue weighted by atomic mass is 10.0. The molecule has 0 saturated carbocycles. The Balaban J connectivity index is 3.12. The number of alkyl halides is 3. The van der Waals surface area contributed by atoms with Gasteiger partial charge in [0.05, 0.1) is 6.42 Å². The Labute approximate surface area is 82.7 Å². The highest BCUT2D eigenvalue weighted by Crippen LogP contribution is 2.23. The largest absolute Gasteiger partial charge is 0.393 e. The van der Waals surface area contributed by atoms with Gasteiger partial charge in [-0.05, 0) is 17.7 Å². The van der Waals surface area contributed by atoms with Crippen molar-refractivity contribution in [2.45, 2.75) is 12.6 Å². The maximum absolute atomic E-state index is 12.7. The molecule has 1 aromatic carbocycles. The first-order valence-electron chi connectivity index (χ1n) is 3.94. The van der Waals surface area contributed by atoms with Gasteiger partial charge in [-0.25, -0.2) is 4.39 Å². The van der Waals surface area contributed by atoms with Gasteiger partial charge in [-0.3, -0.25) is 4.79 Å². The minimum absolute atomic E-state index is 0.323. The van der Waals surface area contributed by atoms with Gasteiger partial charge in [-0.15, -0.1) is 0 Å². The number of halogens is 4. The molecule has 0 bridgehead atoms. The van der Waals surface area contributed by atoms with Crippen LogP contribution in [0.5, 0.6) is 0 Å². The number of rotatable bonds is 2. The van der Waals surface area contributed by atoms with Gasteiger partial charge in [0.1, 0.15) is 5.82 Å². The van der Waals surface area contributed by atoms with Crippen molar-refractivity contribution in [1.82, 2.24) is 0 Å². The van der Waals surface area contributed by atoms with E-state index in [1.54, 1.807) is 0 Å². The second-order valence-electron chi connectivity index (χ2n) is 2.96. The molecule has 2 N–H and O–H groups in total. The van der Waals surface area contributed by atoms with Crippen molar-refractivity contribution in [3.63, 3.8) is 0 Å². The van der Waals surface area contributed by atoms with Gasteiger partial charge < -0.3 is 5.73 Å². The summed E-state index contributed by atoms with van der Waals surface area (Å²) in [5, 5.41) is 0. The Hall–Kier alpha value is -1.59. The van der Waals surface area contributed by atoms with Crippen LogP contribution in [0.2, 0.25) is 0 Å². The van der Waals surface area contributed by atoms with Crippen molar-refractivity contribution in [3.8, 4) is 0 Å². The average molecular weight is 221 g/mol. The summed E-state index contributed by atoms with van der Waals surface area (Å²) in [4.78, 5) is 10.7. The molecule has 15 heavy (non-hydrogen) atoms. The van der Waals surface area contributed by atoms with Crippen molar-refractivity contribution >= 4 is 5.91 Å². The summed E-state index contributed by atoms with van der Waals surface area (Å²) in [5.41, 5.74) is 4.07. The van der Waals surface area contributed by atoms with Gasteiger partial charge in [0, 0.05) is 5.56 Å². The number of carbonyl (C=O) groups excluding carboxylic acids is 1. The molecule has 0 radical (unpaired) electrons. The number of amides is 1. The van der Waals surface area contributed by atoms with E-state index in [-0.39, 0.29) is 5.56 Å². The SMILES string of the molecule is NC(=O)c1cc(F)ccc1CC(F)(F)F. The normalized spacial score (nSPS) is 11.5. The molecule has 2 nitrogen and oxygen atoms in total. The Morgan fingerprint density at radius 1 is 1.33 bits per heavy atom. The van der Waals surface area contributed by atoms with Crippen LogP contribution in [0.4, 0.5) is 17.6 Å². The molecule has 0 aliphatic rings. The smallest absolute Gasteiger partial charge is 0.366 e.